The Kier molecular flexibility index (Phi) is 4.15. The van der Waals surface area contributed by atoms with Gasteiger partial charge in [0.05, 0.1) is 5.56 Å². The van der Waals surface area contributed by atoms with Crippen molar-refractivity contribution in [3.63, 3.8) is 0 Å². The molecule has 2 N–H and O–H groups in total. The van der Waals surface area contributed by atoms with Gasteiger partial charge in [0.1, 0.15) is 0 Å². The van der Waals surface area contributed by atoms with Crippen LogP contribution >= 0.6 is 0 Å². The Morgan fingerprint density at radius 1 is 1.36 bits per heavy atom. The number of carbonyl (C=O) groups excluding carboxylic acids is 1. The fraction of sp³-hybridized carbons (Fsp3) is 0.267. The summed E-state index contributed by atoms with van der Waals surface area (Å²) in [5.41, 5.74) is 2.19. The Labute approximate surface area is 127 Å². The summed E-state index contributed by atoms with van der Waals surface area (Å²) in [6.07, 6.45) is 6.20. The Hall–Kier alpha value is -2.67. The lowest BCUT2D eigenvalue weighted by Crippen LogP contribution is -2.25. The van der Waals surface area contributed by atoms with E-state index in [2.05, 4.69) is 20.5 Å². The zero-order chi connectivity index (χ0) is 15.4. The summed E-state index contributed by atoms with van der Waals surface area (Å²) in [5, 5.41) is 11.1. The second kappa shape index (κ2) is 6.40. The fourth-order valence-electron chi connectivity index (χ4n) is 2.21. The molecule has 0 fully saturated rings. The molecule has 3 heterocycles. The quantitative estimate of drug-likeness (QED) is 0.675. The number of nitrogens with zero attached hydrogens (tertiary/aromatic N) is 3. The van der Waals surface area contributed by atoms with Crippen LogP contribution in [0.2, 0.25) is 0 Å². The van der Waals surface area contributed by atoms with Gasteiger partial charge in [-0.15, -0.1) is 10.2 Å². The highest BCUT2D eigenvalue weighted by Gasteiger charge is 2.11. The van der Waals surface area contributed by atoms with Crippen LogP contribution < -0.4 is 5.32 Å². The predicted molar refractivity (Wildman–Crippen MR) is 81.6 cm³/mol. The van der Waals surface area contributed by atoms with Crippen molar-refractivity contribution in [3.8, 4) is 11.4 Å². The van der Waals surface area contributed by atoms with E-state index in [0.29, 0.717) is 30.2 Å². The van der Waals surface area contributed by atoms with Gasteiger partial charge in [-0.25, -0.2) is 0 Å². The molecular weight excluding hydrogens is 282 g/mol. The van der Waals surface area contributed by atoms with Gasteiger partial charge in [0.15, 0.2) is 11.5 Å². The average Bonchev–Trinajstić information content (AvgIpc) is 3.19. The summed E-state index contributed by atoms with van der Waals surface area (Å²) in [6, 6.07) is 5.44. The van der Waals surface area contributed by atoms with Crippen molar-refractivity contribution >= 4 is 11.6 Å². The number of rotatable bonds is 6. The Bertz CT molecular complexity index is 763. The molecule has 0 bridgehead atoms. The van der Waals surface area contributed by atoms with Gasteiger partial charge < -0.3 is 15.0 Å². The molecule has 3 aromatic heterocycles. The molecule has 3 rings (SSSR count). The van der Waals surface area contributed by atoms with Crippen LogP contribution in [0, 0.1) is 0 Å². The van der Waals surface area contributed by atoms with E-state index in [4.69, 9.17) is 4.74 Å². The number of H-pyrrole nitrogens is 1. The number of hydrogen-bond acceptors (Lipinski definition) is 4. The van der Waals surface area contributed by atoms with Crippen molar-refractivity contribution in [3.05, 3.63) is 42.4 Å². The molecule has 22 heavy (non-hydrogen) atoms. The molecule has 1 amide bonds. The summed E-state index contributed by atoms with van der Waals surface area (Å²) in [7, 11) is 1.64. The third kappa shape index (κ3) is 2.84. The molecule has 0 atom stereocenters. The van der Waals surface area contributed by atoms with Crippen molar-refractivity contribution in [2.24, 2.45) is 0 Å². The zero-order valence-electron chi connectivity index (χ0n) is 12.2. The largest absolute Gasteiger partial charge is 0.385 e. The van der Waals surface area contributed by atoms with Gasteiger partial charge in [0.2, 0.25) is 0 Å². The van der Waals surface area contributed by atoms with Crippen molar-refractivity contribution in [2.75, 3.05) is 20.3 Å². The van der Waals surface area contributed by atoms with Crippen LogP contribution in [0.5, 0.6) is 0 Å². The standard InChI is InChI=1S/C15H17N5O2/c1-22-8-2-6-17-15(21)12-3-4-13-18-19-14(20(13)10-12)11-5-7-16-9-11/h3-5,7,9-10,16H,2,6,8H2,1H3,(H,17,21). The number of amides is 1. The minimum absolute atomic E-state index is 0.119. The number of aromatic amines is 1. The first-order chi connectivity index (χ1) is 10.8. The number of pyridine rings is 1. The Balaban J connectivity index is 1.83. The molecule has 7 heteroatoms. The number of nitrogens with one attached hydrogen (secondary N) is 2. The van der Waals surface area contributed by atoms with Gasteiger partial charge in [0.25, 0.3) is 5.91 Å². The van der Waals surface area contributed by atoms with Crippen molar-refractivity contribution in [2.45, 2.75) is 6.42 Å². The van der Waals surface area contributed by atoms with E-state index in [1.807, 2.05) is 22.9 Å². The molecule has 0 aliphatic carbocycles. The summed E-state index contributed by atoms with van der Waals surface area (Å²) in [5.74, 6) is 0.581. The summed E-state index contributed by atoms with van der Waals surface area (Å²) >= 11 is 0. The van der Waals surface area contributed by atoms with Crippen LogP contribution in [-0.2, 0) is 4.74 Å². The fourth-order valence-corrected chi connectivity index (χ4v) is 2.21. The molecule has 0 radical (unpaired) electrons. The molecule has 0 saturated heterocycles. The van der Waals surface area contributed by atoms with Crippen molar-refractivity contribution < 1.29 is 9.53 Å². The minimum atomic E-state index is -0.119. The maximum atomic E-state index is 12.2. The number of carbonyl (C=O) groups is 1. The topological polar surface area (TPSA) is 84.3 Å². The van der Waals surface area contributed by atoms with Crippen LogP contribution in [0.15, 0.2) is 36.8 Å². The highest BCUT2D eigenvalue weighted by molar-refractivity contribution is 5.94. The van der Waals surface area contributed by atoms with Crippen LogP contribution in [-0.4, -0.2) is 45.8 Å². The molecule has 0 aromatic carbocycles. The molecule has 0 spiro atoms. The van der Waals surface area contributed by atoms with E-state index in [9.17, 15) is 4.79 Å². The molecule has 0 aliphatic heterocycles. The highest BCUT2D eigenvalue weighted by atomic mass is 16.5. The number of ether oxygens (including phenoxy) is 1. The van der Waals surface area contributed by atoms with Crippen molar-refractivity contribution in [1.29, 1.82) is 0 Å². The maximum absolute atomic E-state index is 12.2. The normalized spacial score (nSPS) is 11.0. The maximum Gasteiger partial charge on any atom is 0.252 e. The van der Waals surface area contributed by atoms with E-state index >= 15 is 0 Å². The first kappa shape index (κ1) is 14.3. The summed E-state index contributed by atoms with van der Waals surface area (Å²) in [4.78, 5) is 15.1. The summed E-state index contributed by atoms with van der Waals surface area (Å²) < 4.78 is 6.77. The van der Waals surface area contributed by atoms with Crippen molar-refractivity contribution in [1.82, 2.24) is 24.9 Å². The van der Waals surface area contributed by atoms with Gasteiger partial charge in [0, 0.05) is 44.4 Å². The number of methoxy groups -OCH3 is 1. The monoisotopic (exact) mass is 299 g/mol. The molecule has 0 unspecified atom stereocenters. The molecule has 114 valence electrons. The van der Waals surface area contributed by atoms with Gasteiger partial charge in [-0.1, -0.05) is 0 Å². The average molecular weight is 299 g/mol. The second-order valence-corrected chi connectivity index (χ2v) is 4.87. The first-order valence-corrected chi connectivity index (χ1v) is 7.04. The summed E-state index contributed by atoms with van der Waals surface area (Å²) in [6.45, 7) is 1.21. The Morgan fingerprint density at radius 3 is 3.05 bits per heavy atom. The SMILES string of the molecule is COCCCNC(=O)c1ccc2nnc(-c3cc[nH]c3)n2c1. The van der Waals surface area contributed by atoms with E-state index < -0.39 is 0 Å². The number of hydrogen-bond donors (Lipinski definition) is 2. The molecule has 0 saturated carbocycles. The smallest absolute Gasteiger partial charge is 0.252 e. The lowest BCUT2D eigenvalue weighted by Gasteiger charge is -2.06. The number of aromatic nitrogens is 4. The predicted octanol–water partition coefficient (Wildman–Crippen LogP) is 1.49. The van der Waals surface area contributed by atoms with Gasteiger partial charge in [-0.2, -0.15) is 0 Å². The third-order valence-corrected chi connectivity index (χ3v) is 3.33. The van der Waals surface area contributed by atoms with Gasteiger partial charge >= 0.3 is 0 Å². The van der Waals surface area contributed by atoms with Crippen LogP contribution in [0.25, 0.3) is 17.0 Å². The van der Waals surface area contributed by atoms with E-state index in [0.717, 1.165) is 12.0 Å². The Morgan fingerprint density at radius 2 is 2.27 bits per heavy atom. The second-order valence-electron chi connectivity index (χ2n) is 4.87. The first-order valence-electron chi connectivity index (χ1n) is 7.04. The van der Waals surface area contributed by atoms with Crippen LogP contribution in [0.4, 0.5) is 0 Å². The van der Waals surface area contributed by atoms with Crippen LogP contribution in [0.3, 0.4) is 0 Å². The van der Waals surface area contributed by atoms with Crippen LogP contribution in [0.1, 0.15) is 16.8 Å². The molecule has 7 nitrogen and oxygen atoms in total. The lowest BCUT2D eigenvalue weighted by molar-refractivity contribution is 0.0948. The van der Waals surface area contributed by atoms with E-state index in [1.54, 1.807) is 25.4 Å². The van der Waals surface area contributed by atoms with Gasteiger partial charge in [-0.3, -0.25) is 9.20 Å². The molecular formula is C15H17N5O2. The van der Waals surface area contributed by atoms with E-state index in [1.165, 1.54) is 0 Å². The number of fused-ring (bicyclic) bond motifs is 1. The third-order valence-electron chi connectivity index (χ3n) is 3.33. The molecule has 3 aromatic rings. The lowest BCUT2D eigenvalue weighted by atomic mass is 10.2. The highest BCUT2D eigenvalue weighted by Crippen LogP contribution is 2.18. The molecule has 0 aliphatic rings. The van der Waals surface area contributed by atoms with E-state index in [-0.39, 0.29) is 5.91 Å². The van der Waals surface area contributed by atoms with Gasteiger partial charge in [-0.05, 0) is 24.6 Å². The minimum Gasteiger partial charge on any atom is -0.385 e. The zero-order valence-corrected chi connectivity index (χ0v) is 12.2.